The zero-order valence-electron chi connectivity index (χ0n) is 24.6. The van der Waals surface area contributed by atoms with E-state index in [1.807, 2.05) is 6.07 Å². The average molecular weight is 605 g/mol. The van der Waals surface area contributed by atoms with Crippen LogP contribution in [0.3, 0.4) is 0 Å². The van der Waals surface area contributed by atoms with E-state index in [2.05, 4.69) is 140 Å². The number of hydrogen-bond donors (Lipinski definition) is 0. The van der Waals surface area contributed by atoms with Crippen molar-refractivity contribution >= 4 is 75.1 Å². The normalized spacial score (nSPS) is 11.9. The molecule has 0 aliphatic rings. The lowest BCUT2D eigenvalue weighted by molar-refractivity contribution is 0.670. The largest absolute Gasteiger partial charge is 0.455 e. The molecule has 0 fully saturated rings. The Labute approximate surface area is 268 Å². The minimum Gasteiger partial charge on any atom is -0.455 e. The molecule has 0 radical (unpaired) electrons. The first-order chi connectivity index (χ1) is 22.8. The van der Waals surface area contributed by atoms with Crippen molar-refractivity contribution in [3.8, 4) is 33.8 Å². The smallest absolute Gasteiger partial charge is 0.164 e. The first-order valence-corrected chi connectivity index (χ1v) is 16.2. The fourth-order valence-corrected chi connectivity index (χ4v) is 8.00. The standard InChI is InChI=1S/C42H24N2OS/c1-2-11-26(12-3-1)38-41-39(32-16-8-9-17-36(32)46-41)44-42(43-38)33-21-20-31(30-19-18-25-10-4-5-13-27(25)22-30)37-34-23-28-14-6-7-15-29(28)24-35(34)45-40(33)37/h1-24H. The van der Waals surface area contributed by atoms with Gasteiger partial charge in [-0.3, -0.25) is 0 Å². The highest BCUT2D eigenvalue weighted by Crippen LogP contribution is 2.45. The molecule has 0 saturated heterocycles. The van der Waals surface area contributed by atoms with Gasteiger partial charge in [0.2, 0.25) is 0 Å². The lowest BCUT2D eigenvalue weighted by Crippen LogP contribution is -1.94. The van der Waals surface area contributed by atoms with Gasteiger partial charge < -0.3 is 4.42 Å². The Morgan fingerprint density at radius 1 is 0.500 bits per heavy atom. The molecule has 3 heterocycles. The molecule has 0 saturated carbocycles. The zero-order chi connectivity index (χ0) is 30.2. The number of nitrogens with zero attached hydrogens (tertiary/aromatic N) is 2. The van der Waals surface area contributed by atoms with Crippen LogP contribution in [0.25, 0.3) is 97.6 Å². The van der Waals surface area contributed by atoms with Gasteiger partial charge in [0.1, 0.15) is 11.2 Å². The van der Waals surface area contributed by atoms with Gasteiger partial charge in [0.05, 0.1) is 21.5 Å². The number of fused-ring (bicyclic) bond motifs is 8. The molecule has 0 aliphatic carbocycles. The van der Waals surface area contributed by atoms with Crippen molar-refractivity contribution in [3.63, 3.8) is 0 Å². The number of furan rings is 1. The Hall–Kier alpha value is -5.84. The van der Waals surface area contributed by atoms with Crippen LogP contribution in [-0.4, -0.2) is 9.97 Å². The van der Waals surface area contributed by atoms with E-state index in [-0.39, 0.29) is 0 Å². The lowest BCUT2D eigenvalue weighted by atomic mass is 9.94. The van der Waals surface area contributed by atoms with Gasteiger partial charge in [-0.25, -0.2) is 9.97 Å². The number of hydrogen-bond acceptors (Lipinski definition) is 4. The summed E-state index contributed by atoms with van der Waals surface area (Å²) in [6.07, 6.45) is 0. The van der Waals surface area contributed by atoms with Crippen molar-refractivity contribution in [2.45, 2.75) is 0 Å². The molecule has 3 nitrogen and oxygen atoms in total. The third-order valence-electron chi connectivity index (χ3n) is 9.06. The quantitative estimate of drug-likeness (QED) is 0.201. The maximum Gasteiger partial charge on any atom is 0.164 e. The molecule has 0 aliphatic heterocycles. The minimum absolute atomic E-state index is 0.661. The van der Waals surface area contributed by atoms with Crippen LogP contribution in [0.5, 0.6) is 0 Å². The van der Waals surface area contributed by atoms with Crippen molar-refractivity contribution in [1.82, 2.24) is 9.97 Å². The van der Waals surface area contributed by atoms with Crippen molar-refractivity contribution in [1.29, 1.82) is 0 Å². The topological polar surface area (TPSA) is 38.9 Å². The minimum atomic E-state index is 0.661. The molecule has 0 unspecified atom stereocenters. The van der Waals surface area contributed by atoms with Crippen LogP contribution >= 0.6 is 11.3 Å². The van der Waals surface area contributed by atoms with E-state index in [4.69, 9.17) is 14.4 Å². The van der Waals surface area contributed by atoms with Gasteiger partial charge in [0.25, 0.3) is 0 Å². The third kappa shape index (κ3) is 3.84. The fourth-order valence-electron chi connectivity index (χ4n) is 6.84. The molecule has 3 aromatic heterocycles. The molecule has 10 aromatic rings. The Morgan fingerprint density at radius 2 is 1.20 bits per heavy atom. The Balaban J connectivity index is 1.31. The van der Waals surface area contributed by atoms with Crippen molar-refractivity contribution in [3.05, 3.63) is 146 Å². The molecule has 0 atom stereocenters. The molecule has 7 aromatic carbocycles. The predicted octanol–water partition coefficient (Wildman–Crippen LogP) is 12.1. The van der Waals surface area contributed by atoms with Gasteiger partial charge in [-0.15, -0.1) is 11.3 Å². The number of benzene rings is 7. The fraction of sp³-hybridized carbons (Fsp3) is 0. The van der Waals surface area contributed by atoms with E-state index in [1.165, 1.54) is 20.9 Å². The number of rotatable bonds is 3. The summed E-state index contributed by atoms with van der Waals surface area (Å²) in [5.41, 5.74) is 7.80. The van der Waals surface area contributed by atoms with Crippen molar-refractivity contribution < 1.29 is 4.42 Å². The Morgan fingerprint density at radius 3 is 2.04 bits per heavy atom. The molecule has 0 amide bonds. The highest BCUT2D eigenvalue weighted by atomic mass is 32.1. The second kappa shape index (κ2) is 9.83. The maximum absolute atomic E-state index is 6.84. The highest BCUT2D eigenvalue weighted by molar-refractivity contribution is 7.26. The van der Waals surface area contributed by atoms with E-state index in [1.54, 1.807) is 11.3 Å². The van der Waals surface area contributed by atoms with E-state index in [0.717, 1.165) is 70.9 Å². The van der Waals surface area contributed by atoms with Crippen LogP contribution in [0, 0.1) is 0 Å². The van der Waals surface area contributed by atoms with Gasteiger partial charge >= 0.3 is 0 Å². The first-order valence-electron chi connectivity index (χ1n) is 15.4. The first kappa shape index (κ1) is 25.5. The van der Waals surface area contributed by atoms with Crippen molar-refractivity contribution in [2.75, 3.05) is 0 Å². The van der Waals surface area contributed by atoms with Crippen LogP contribution in [0.2, 0.25) is 0 Å². The third-order valence-corrected chi connectivity index (χ3v) is 10.2. The summed E-state index contributed by atoms with van der Waals surface area (Å²) in [6.45, 7) is 0. The summed E-state index contributed by atoms with van der Waals surface area (Å²) in [4.78, 5) is 10.6. The number of thiophene rings is 1. The molecule has 0 N–H and O–H groups in total. The predicted molar refractivity (Wildman–Crippen MR) is 194 cm³/mol. The summed E-state index contributed by atoms with van der Waals surface area (Å²) in [5.74, 6) is 0.661. The summed E-state index contributed by atoms with van der Waals surface area (Å²) in [5, 5.41) is 8.07. The van der Waals surface area contributed by atoms with E-state index < -0.39 is 0 Å². The van der Waals surface area contributed by atoms with Crippen LogP contribution in [0.15, 0.2) is 150 Å². The van der Waals surface area contributed by atoms with E-state index >= 15 is 0 Å². The second-order valence-electron chi connectivity index (χ2n) is 11.8. The molecule has 0 bridgehead atoms. The van der Waals surface area contributed by atoms with E-state index in [0.29, 0.717) is 5.82 Å². The maximum atomic E-state index is 6.84. The Bertz CT molecular complexity index is 2810. The van der Waals surface area contributed by atoms with Crippen LogP contribution in [0.1, 0.15) is 0 Å². The van der Waals surface area contributed by atoms with Gasteiger partial charge in [0.15, 0.2) is 5.82 Å². The van der Waals surface area contributed by atoms with Gasteiger partial charge in [-0.05, 0) is 63.0 Å². The Kier molecular flexibility index (Phi) is 5.45. The van der Waals surface area contributed by atoms with E-state index in [9.17, 15) is 0 Å². The molecular weight excluding hydrogens is 581 g/mol. The monoisotopic (exact) mass is 604 g/mol. The summed E-state index contributed by atoms with van der Waals surface area (Å²) < 4.78 is 9.14. The van der Waals surface area contributed by atoms with Crippen LogP contribution in [0.4, 0.5) is 0 Å². The van der Waals surface area contributed by atoms with Gasteiger partial charge in [-0.1, -0.05) is 115 Å². The summed E-state index contributed by atoms with van der Waals surface area (Å²) in [6, 6.07) is 51.3. The SMILES string of the molecule is c1ccc(-c2nc(-c3ccc(-c4ccc5ccccc5c4)c4c3oc3cc5ccccc5cc34)nc3c2sc2ccccc23)cc1. The molecule has 0 spiro atoms. The van der Waals surface area contributed by atoms with Crippen LogP contribution < -0.4 is 0 Å². The summed E-state index contributed by atoms with van der Waals surface area (Å²) >= 11 is 1.75. The number of aromatic nitrogens is 2. The highest BCUT2D eigenvalue weighted by Gasteiger charge is 2.22. The second-order valence-corrected chi connectivity index (χ2v) is 12.8. The van der Waals surface area contributed by atoms with Gasteiger partial charge in [0, 0.05) is 26.4 Å². The zero-order valence-corrected chi connectivity index (χ0v) is 25.4. The molecule has 10 rings (SSSR count). The average Bonchev–Trinajstić information content (AvgIpc) is 3.68. The molecule has 46 heavy (non-hydrogen) atoms. The lowest BCUT2D eigenvalue weighted by Gasteiger charge is -2.10. The molecule has 4 heteroatoms. The summed E-state index contributed by atoms with van der Waals surface area (Å²) in [7, 11) is 0. The van der Waals surface area contributed by atoms with Gasteiger partial charge in [-0.2, -0.15) is 0 Å². The van der Waals surface area contributed by atoms with Crippen molar-refractivity contribution in [2.24, 2.45) is 0 Å². The molecule has 214 valence electrons. The molecular formula is C42H24N2OS. The van der Waals surface area contributed by atoms with Crippen LogP contribution in [-0.2, 0) is 0 Å².